The lowest BCUT2D eigenvalue weighted by Crippen LogP contribution is -2.45. The highest BCUT2D eigenvalue weighted by Crippen LogP contribution is 2.43. The third kappa shape index (κ3) is 69.2. The number of phosphoric acid groups is 1. The lowest BCUT2D eigenvalue weighted by molar-refractivity contribution is -0.870. The van der Waals surface area contributed by atoms with Crippen LogP contribution in [0.15, 0.2) is 170 Å². The summed E-state index contributed by atoms with van der Waals surface area (Å²) in [4.78, 5) is 23.4. The highest BCUT2D eigenvalue weighted by Gasteiger charge is 2.27. The van der Waals surface area contributed by atoms with E-state index in [1.54, 1.807) is 6.08 Å². The number of allylic oxidation sites excluding steroid dienone is 27. The first-order valence-electron chi connectivity index (χ1n) is 35.0. The van der Waals surface area contributed by atoms with Crippen LogP contribution in [0, 0.1) is 0 Å². The van der Waals surface area contributed by atoms with E-state index in [0.29, 0.717) is 23.9 Å². The number of likely N-dealkylation sites (N-methyl/N-ethyl adjacent to an activating group) is 1. The van der Waals surface area contributed by atoms with Gasteiger partial charge in [0, 0.05) is 6.42 Å². The van der Waals surface area contributed by atoms with E-state index < -0.39 is 20.0 Å². The van der Waals surface area contributed by atoms with Crippen molar-refractivity contribution in [1.29, 1.82) is 0 Å². The van der Waals surface area contributed by atoms with Crippen LogP contribution in [0.25, 0.3) is 0 Å². The fourth-order valence-electron chi connectivity index (χ4n) is 9.26. The van der Waals surface area contributed by atoms with Gasteiger partial charge in [-0.1, -0.05) is 300 Å². The Morgan fingerprint density at radius 2 is 0.701 bits per heavy atom. The Morgan fingerprint density at radius 1 is 0.402 bits per heavy atom. The summed E-state index contributed by atoms with van der Waals surface area (Å²) in [5, 5.41) is 13.9. The zero-order chi connectivity index (χ0) is 63.4. The Bertz CT molecular complexity index is 2020. The van der Waals surface area contributed by atoms with Crippen LogP contribution in [0.4, 0.5) is 0 Å². The van der Waals surface area contributed by atoms with Crippen LogP contribution in [0.2, 0.25) is 0 Å². The number of nitrogens with zero attached hydrogens (tertiary/aromatic N) is 1. The Kier molecular flexibility index (Phi) is 63.1. The molecule has 0 fully saturated rings. The average molecular weight is 1220 g/mol. The van der Waals surface area contributed by atoms with Crippen molar-refractivity contribution in [3.05, 3.63) is 170 Å². The maximum atomic E-state index is 13.0. The number of nitrogens with one attached hydrogen (secondary N) is 1. The summed E-state index contributed by atoms with van der Waals surface area (Å²) >= 11 is 0. The zero-order valence-electron chi connectivity index (χ0n) is 56.4. The molecule has 0 bridgehead atoms. The molecule has 0 aliphatic carbocycles. The minimum absolute atomic E-state index is 0.0372. The molecule has 0 heterocycles. The van der Waals surface area contributed by atoms with E-state index in [9.17, 15) is 19.4 Å². The standard InChI is InChI=1S/C78H131N2O6P/c1-6-8-10-12-14-16-18-20-22-24-26-28-30-32-34-36-37-38-39-40-41-42-43-44-46-48-50-52-54-56-58-60-62-64-66-68-70-72-78(82)79-76(75-86-87(83,84)85-74-73-80(3,4)5)77(81)71-69-67-65-63-61-59-57-55-53-51-49-47-45-35-33-31-29-27-25-23-21-19-17-15-13-11-9-7-2/h8,10,14,16,20,22,26,28,32,34,37-38,40-41,43-44,48,50,53-56,60-63,69,71,76-77,81H,6-7,9,11-13,15,17-19,21,23-25,27,29-31,33,35-36,39,42,45-47,49,51-52,57-59,64-68,70,72-75H2,1-5H3,(H-,79,82,83,84)/p+1/b10-8-,16-14-,22-20-,28-26-,34-32-,38-37-,41-40-,44-43-,50-48-,55-53+,56-54-,62-60-,63-61+,71-69+. The highest BCUT2D eigenvalue weighted by molar-refractivity contribution is 7.47. The molecule has 0 aliphatic rings. The molecule has 0 saturated heterocycles. The van der Waals surface area contributed by atoms with Gasteiger partial charge in [0.25, 0.3) is 0 Å². The molecular weight excluding hydrogens is 1090 g/mol. The number of carbonyl (C=O) groups is 1. The molecule has 0 rings (SSSR count). The van der Waals surface area contributed by atoms with Crippen LogP contribution in [0.1, 0.15) is 264 Å². The Morgan fingerprint density at radius 3 is 1.06 bits per heavy atom. The molecule has 0 aromatic heterocycles. The summed E-state index contributed by atoms with van der Waals surface area (Å²) in [6.07, 6.45) is 105. The number of aliphatic hydroxyl groups is 1. The van der Waals surface area contributed by atoms with Crippen molar-refractivity contribution in [3.8, 4) is 0 Å². The van der Waals surface area contributed by atoms with E-state index >= 15 is 0 Å². The smallest absolute Gasteiger partial charge is 0.387 e. The first kappa shape index (κ1) is 82.9. The molecule has 0 saturated carbocycles. The van der Waals surface area contributed by atoms with Gasteiger partial charge in [0.1, 0.15) is 13.2 Å². The van der Waals surface area contributed by atoms with Gasteiger partial charge in [-0.15, -0.1) is 0 Å². The van der Waals surface area contributed by atoms with E-state index in [4.69, 9.17) is 9.05 Å². The quantitative estimate of drug-likeness (QED) is 0.0243. The van der Waals surface area contributed by atoms with Crippen molar-refractivity contribution in [3.63, 3.8) is 0 Å². The number of rotatable bonds is 62. The number of amides is 1. The van der Waals surface area contributed by atoms with Gasteiger partial charge in [-0.25, -0.2) is 4.57 Å². The van der Waals surface area contributed by atoms with E-state index in [0.717, 1.165) is 116 Å². The lowest BCUT2D eigenvalue weighted by Gasteiger charge is -2.25. The van der Waals surface area contributed by atoms with Gasteiger partial charge < -0.3 is 19.8 Å². The molecule has 1 amide bonds. The first-order valence-corrected chi connectivity index (χ1v) is 36.5. The zero-order valence-corrected chi connectivity index (χ0v) is 57.3. The van der Waals surface area contributed by atoms with Crippen LogP contribution >= 0.6 is 7.82 Å². The van der Waals surface area contributed by atoms with E-state index in [-0.39, 0.29) is 19.1 Å². The summed E-state index contributed by atoms with van der Waals surface area (Å²) in [6.45, 7) is 4.65. The van der Waals surface area contributed by atoms with Crippen molar-refractivity contribution in [1.82, 2.24) is 5.32 Å². The molecule has 0 aromatic rings. The van der Waals surface area contributed by atoms with E-state index in [2.05, 4.69) is 177 Å². The number of unbranched alkanes of at least 4 members (excludes halogenated alkanes) is 23. The molecule has 9 heteroatoms. The molecule has 494 valence electrons. The number of hydrogen-bond donors (Lipinski definition) is 3. The van der Waals surface area contributed by atoms with Crippen LogP contribution in [0.3, 0.4) is 0 Å². The minimum atomic E-state index is -4.39. The number of carbonyl (C=O) groups excluding carboxylic acids is 1. The van der Waals surface area contributed by atoms with Gasteiger partial charge in [0.2, 0.25) is 5.91 Å². The molecule has 87 heavy (non-hydrogen) atoms. The van der Waals surface area contributed by atoms with Crippen LogP contribution in [-0.2, 0) is 18.4 Å². The molecule has 3 unspecified atom stereocenters. The van der Waals surface area contributed by atoms with Gasteiger partial charge in [0.15, 0.2) is 0 Å². The van der Waals surface area contributed by atoms with Crippen LogP contribution < -0.4 is 5.32 Å². The summed E-state index contributed by atoms with van der Waals surface area (Å²) in [6, 6.07) is -0.903. The summed E-state index contributed by atoms with van der Waals surface area (Å²) in [5.74, 6) is -0.228. The number of phosphoric ester groups is 1. The molecular formula is C78H132N2O6P+. The van der Waals surface area contributed by atoms with Crippen molar-refractivity contribution >= 4 is 13.7 Å². The molecule has 3 N–H and O–H groups in total. The largest absolute Gasteiger partial charge is 0.472 e. The topological polar surface area (TPSA) is 105 Å². The Balaban J connectivity index is 4.29. The molecule has 0 radical (unpaired) electrons. The van der Waals surface area contributed by atoms with Crippen molar-refractivity contribution in [2.45, 2.75) is 276 Å². The van der Waals surface area contributed by atoms with Gasteiger partial charge >= 0.3 is 7.82 Å². The second-order valence-electron chi connectivity index (χ2n) is 24.2. The van der Waals surface area contributed by atoms with Gasteiger partial charge in [0.05, 0.1) is 39.9 Å². The highest BCUT2D eigenvalue weighted by atomic mass is 31.2. The second kappa shape index (κ2) is 66.3. The van der Waals surface area contributed by atoms with Crippen molar-refractivity contribution in [2.75, 3.05) is 40.9 Å². The third-order valence-corrected chi connectivity index (χ3v) is 15.6. The third-order valence-electron chi connectivity index (χ3n) is 14.6. The summed E-state index contributed by atoms with van der Waals surface area (Å²) in [5.41, 5.74) is 0. The lowest BCUT2D eigenvalue weighted by atomic mass is 10.0. The Labute approximate surface area is 536 Å². The maximum Gasteiger partial charge on any atom is 0.472 e. The van der Waals surface area contributed by atoms with Crippen molar-refractivity contribution < 1.29 is 32.9 Å². The maximum absolute atomic E-state index is 13.0. The SMILES string of the molecule is CC/C=C\C/C=C\C/C=C\C/C=C\C/C=C\C/C=C\C/C=C\C/C=C\C/C=C\C/C=C\C/C=C\CCCCCC(=O)NC(COP(=O)(O)OCC[N+](C)(C)C)C(O)/C=C/CC/C=C/CC/C=C/CCCCCCCCCCCCCCCCCCCC. The first-order chi connectivity index (χ1) is 42.5. The van der Waals surface area contributed by atoms with Crippen LogP contribution in [0.5, 0.6) is 0 Å². The Hall–Kier alpha value is -4.14. The normalized spacial score (nSPS) is 14.7. The summed E-state index contributed by atoms with van der Waals surface area (Å²) in [7, 11) is 1.50. The van der Waals surface area contributed by atoms with Gasteiger partial charge in [-0.3, -0.25) is 13.8 Å². The number of quaternary nitrogens is 1. The van der Waals surface area contributed by atoms with Gasteiger partial charge in [-0.05, 0) is 128 Å². The fraction of sp³-hybridized carbons (Fsp3) is 0.628. The van der Waals surface area contributed by atoms with Gasteiger partial charge in [-0.2, -0.15) is 0 Å². The number of aliphatic hydroxyl groups excluding tert-OH is 1. The molecule has 8 nitrogen and oxygen atoms in total. The van der Waals surface area contributed by atoms with Crippen molar-refractivity contribution in [2.24, 2.45) is 0 Å². The fourth-order valence-corrected chi connectivity index (χ4v) is 9.99. The average Bonchev–Trinajstić information content (AvgIpc) is 3.70. The minimum Gasteiger partial charge on any atom is -0.387 e. The monoisotopic (exact) mass is 1220 g/mol. The number of hydrogen-bond acceptors (Lipinski definition) is 5. The predicted molar refractivity (Wildman–Crippen MR) is 382 cm³/mol. The van der Waals surface area contributed by atoms with Crippen LogP contribution in [-0.4, -0.2) is 73.4 Å². The van der Waals surface area contributed by atoms with E-state index in [1.807, 2.05) is 27.2 Å². The molecule has 3 atom stereocenters. The van der Waals surface area contributed by atoms with E-state index in [1.165, 1.54) is 122 Å². The molecule has 0 aliphatic heterocycles. The second-order valence-corrected chi connectivity index (χ2v) is 25.6. The predicted octanol–water partition coefficient (Wildman–Crippen LogP) is 22.7. The molecule has 0 spiro atoms. The molecule has 0 aromatic carbocycles. The summed E-state index contributed by atoms with van der Waals surface area (Å²) < 4.78 is 23.8.